The number of rotatable bonds is 2. The lowest BCUT2D eigenvalue weighted by molar-refractivity contribution is 0.664. The van der Waals surface area contributed by atoms with Crippen LogP contribution in [0.25, 0.3) is 11.2 Å². The smallest absolute Gasteiger partial charge is 0.324 e. The van der Waals surface area contributed by atoms with Crippen LogP contribution in [0.3, 0.4) is 0 Å². The summed E-state index contributed by atoms with van der Waals surface area (Å²) in [5.41, 5.74) is 5.66. The van der Waals surface area contributed by atoms with Crippen molar-refractivity contribution in [2.75, 3.05) is 0 Å². The Balaban J connectivity index is 3.09. The first-order valence-corrected chi connectivity index (χ1v) is 5.38. The van der Waals surface area contributed by atoms with Crippen molar-refractivity contribution in [3.63, 3.8) is 0 Å². The van der Waals surface area contributed by atoms with Gasteiger partial charge in [0.25, 0.3) is 5.56 Å². The van der Waals surface area contributed by atoms with E-state index in [2.05, 4.69) is 4.98 Å². The van der Waals surface area contributed by atoms with Crippen molar-refractivity contribution in [2.24, 2.45) is 19.8 Å². The second-order valence-electron chi connectivity index (χ2n) is 3.85. The quantitative estimate of drug-likeness (QED) is 0.719. The van der Waals surface area contributed by atoms with E-state index in [9.17, 15) is 9.59 Å². The molecule has 0 atom stereocenters. The summed E-state index contributed by atoms with van der Waals surface area (Å²) in [6.45, 7) is 2.77. The van der Waals surface area contributed by atoms with Gasteiger partial charge in [-0.25, -0.2) is 9.78 Å². The molecule has 0 fully saturated rings. The Morgan fingerprint density at radius 1 is 1.24 bits per heavy atom. The highest BCUT2D eigenvalue weighted by atomic mass is 16.2. The molecule has 0 aromatic carbocycles. The van der Waals surface area contributed by atoms with Crippen molar-refractivity contribution in [1.82, 2.24) is 18.7 Å². The minimum absolute atomic E-state index is 0.236. The molecule has 0 bridgehead atoms. The van der Waals surface area contributed by atoms with Crippen LogP contribution in [0.5, 0.6) is 0 Å². The fourth-order valence-electron chi connectivity index (χ4n) is 2.02. The second-order valence-corrected chi connectivity index (χ2v) is 3.85. The fourth-order valence-corrected chi connectivity index (χ4v) is 2.02. The minimum atomic E-state index is -0.384. The van der Waals surface area contributed by atoms with Crippen LogP contribution in [0.2, 0.25) is 0 Å². The van der Waals surface area contributed by atoms with Gasteiger partial charge in [-0.2, -0.15) is 0 Å². The maximum absolute atomic E-state index is 11.9. The number of nitrogens with two attached hydrogens (primary N) is 1. The molecule has 0 aliphatic rings. The number of hydrogen-bond donors (Lipinski definition) is 1. The first-order valence-electron chi connectivity index (χ1n) is 5.38. The number of imidazole rings is 1. The lowest BCUT2D eigenvalue weighted by Gasteiger charge is -2.07. The lowest BCUT2D eigenvalue weighted by Crippen LogP contribution is -2.37. The molecule has 92 valence electrons. The third kappa shape index (κ3) is 1.42. The van der Waals surface area contributed by atoms with E-state index in [-0.39, 0.29) is 23.3 Å². The van der Waals surface area contributed by atoms with Crippen LogP contribution >= 0.6 is 0 Å². The van der Waals surface area contributed by atoms with E-state index in [1.54, 1.807) is 11.6 Å². The number of aryl methyl sites for hydroxylation is 2. The molecule has 2 rings (SSSR count). The largest absolute Gasteiger partial charge is 0.332 e. The van der Waals surface area contributed by atoms with Crippen LogP contribution < -0.4 is 17.0 Å². The predicted octanol–water partition coefficient (Wildman–Crippen LogP) is -1.09. The van der Waals surface area contributed by atoms with E-state index in [0.29, 0.717) is 18.0 Å². The summed E-state index contributed by atoms with van der Waals surface area (Å²) < 4.78 is 4.26. The van der Waals surface area contributed by atoms with Crippen molar-refractivity contribution >= 4 is 11.2 Å². The summed E-state index contributed by atoms with van der Waals surface area (Å²) in [4.78, 5) is 28.0. The monoisotopic (exact) mass is 237 g/mol. The van der Waals surface area contributed by atoms with Gasteiger partial charge in [0.05, 0.1) is 6.54 Å². The average Bonchev–Trinajstić information content (AvgIpc) is 2.72. The standard InChI is InChI=1S/C10H15N5O2/c1-4-15-6(5-11)12-7-8(15)13(2)10(17)14(3)9(7)16/h4-5,11H2,1-3H3. The third-order valence-electron chi connectivity index (χ3n) is 2.92. The Bertz CT molecular complexity index is 691. The van der Waals surface area contributed by atoms with Crippen molar-refractivity contribution in [3.05, 3.63) is 26.7 Å². The van der Waals surface area contributed by atoms with Crippen LogP contribution in [0.4, 0.5) is 0 Å². The average molecular weight is 237 g/mol. The summed E-state index contributed by atoms with van der Waals surface area (Å²) in [6.07, 6.45) is 0. The first-order chi connectivity index (χ1) is 8.02. The predicted molar refractivity (Wildman–Crippen MR) is 63.8 cm³/mol. The Morgan fingerprint density at radius 3 is 2.41 bits per heavy atom. The second kappa shape index (κ2) is 3.85. The minimum Gasteiger partial charge on any atom is -0.324 e. The maximum atomic E-state index is 11.9. The molecule has 2 N–H and O–H groups in total. The van der Waals surface area contributed by atoms with Gasteiger partial charge in [-0.1, -0.05) is 0 Å². The molecule has 0 aliphatic heterocycles. The van der Waals surface area contributed by atoms with Gasteiger partial charge in [0.15, 0.2) is 5.52 Å². The molecule has 17 heavy (non-hydrogen) atoms. The molecule has 0 saturated heterocycles. The normalized spacial score (nSPS) is 11.3. The van der Waals surface area contributed by atoms with Crippen LogP contribution in [-0.4, -0.2) is 18.7 Å². The van der Waals surface area contributed by atoms with Gasteiger partial charge in [0.2, 0.25) is 0 Å². The SMILES string of the molecule is CCn1c(CN)nc2c(=O)n(C)c(=O)n(C)c21. The van der Waals surface area contributed by atoms with Gasteiger partial charge in [-0.05, 0) is 6.92 Å². The Morgan fingerprint density at radius 2 is 1.88 bits per heavy atom. The Labute approximate surface area is 97.1 Å². The highest BCUT2D eigenvalue weighted by Gasteiger charge is 2.16. The maximum Gasteiger partial charge on any atom is 0.332 e. The molecule has 7 heteroatoms. The van der Waals surface area contributed by atoms with Gasteiger partial charge >= 0.3 is 5.69 Å². The molecule has 0 amide bonds. The van der Waals surface area contributed by atoms with Crippen molar-refractivity contribution in [1.29, 1.82) is 0 Å². The van der Waals surface area contributed by atoms with Crippen LogP contribution in [-0.2, 0) is 27.2 Å². The van der Waals surface area contributed by atoms with E-state index in [1.807, 2.05) is 6.92 Å². The van der Waals surface area contributed by atoms with E-state index in [0.717, 1.165) is 4.57 Å². The summed E-state index contributed by atoms with van der Waals surface area (Å²) in [5.74, 6) is 0.612. The van der Waals surface area contributed by atoms with Gasteiger partial charge in [-0.15, -0.1) is 0 Å². The van der Waals surface area contributed by atoms with Gasteiger partial charge in [0, 0.05) is 20.6 Å². The number of hydrogen-bond acceptors (Lipinski definition) is 4. The van der Waals surface area contributed by atoms with Crippen molar-refractivity contribution < 1.29 is 0 Å². The lowest BCUT2D eigenvalue weighted by atomic mass is 10.5. The Kier molecular flexibility index (Phi) is 2.62. The summed E-state index contributed by atoms with van der Waals surface area (Å²) >= 11 is 0. The zero-order valence-electron chi connectivity index (χ0n) is 10.1. The summed E-state index contributed by atoms with van der Waals surface area (Å²) in [5, 5.41) is 0. The van der Waals surface area contributed by atoms with E-state index in [1.165, 1.54) is 11.6 Å². The van der Waals surface area contributed by atoms with E-state index in [4.69, 9.17) is 5.73 Å². The zero-order valence-corrected chi connectivity index (χ0v) is 10.1. The highest BCUT2D eigenvalue weighted by molar-refractivity contribution is 5.70. The molecule has 7 nitrogen and oxygen atoms in total. The van der Waals surface area contributed by atoms with E-state index >= 15 is 0 Å². The third-order valence-corrected chi connectivity index (χ3v) is 2.92. The van der Waals surface area contributed by atoms with Crippen LogP contribution in [0, 0.1) is 0 Å². The van der Waals surface area contributed by atoms with Crippen LogP contribution in [0.15, 0.2) is 9.59 Å². The molecular formula is C10H15N5O2. The molecule has 0 aliphatic carbocycles. The number of fused-ring (bicyclic) bond motifs is 1. The fraction of sp³-hybridized carbons (Fsp3) is 0.500. The van der Waals surface area contributed by atoms with Gasteiger partial charge in [0.1, 0.15) is 11.5 Å². The highest BCUT2D eigenvalue weighted by Crippen LogP contribution is 2.10. The zero-order chi connectivity index (χ0) is 12.7. The van der Waals surface area contributed by atoms with Crippen LogP contribution in [0.1, 0.15) is 12.7 Å². The van der Waals surface area contributed by atoms with Crippen molar-refractivity contribution in [3.8, 4) is 0 Å². The molecule has 2 aromatic rings. The summed E-state index contributed by atoms with van der Waals surface area (Å²) in [7, 11) is 3.06. The van der Waals surface area contributed by atoms with Gasteiger partial charge < -0.3 is 10.3 Å². The molecule has 0 saturated carbocycles. The molecule has 0 unspecified atom stereocenters. The van der Waals surface area contributed by atoms with Crippen molar-refractivity contribution in [2.45, 2.75) is 20.0 Å². The van der Waals surface area contributed by atoms with Gasteiger partial charge in [-0.3, -0.25) is 13.9 Å². The summed E-state index contributed by atoms with van der Waals surface area (Å²) in [6, 6.07) is 0. The molecule has 2 aromatic heterocycles. The molecule has 2 heterocycles. The Hall–Kier alpha value is -1.89. The first kappa shape index (κ1) is 11.6. The number of aromatic nitrogens is 4. The molecule has 0 radical (unpaired) electrons. The van der Waals surface area contributed by atoms with E-state index < -0.39 is 0 Å². The molecule has 0 spiro atoms. The topological polar surface area (TPSA) is 87.8 Å². The molecular weight excluding hydrogens is 222 g/mol. The number of nitrogens with zero attached hydrogens (tertiary/aromatic N) is 4.